The lowest BCUT2D eigenvalue weighted by Gasteiger charge is -2.36. The molecule has 0 radical (unpaired) electrons. The van der Waals surface area contributed by atoms with E-state index in [2.05, 4.69) is 314 Å². The molecule has 15 rings (SSSR count). The summed E-state index contributed by atoms with van der Waals surface area (Å²) in [5, 5.41) is 0. The van der Waals surface area contributed by atoms with Crippen molar-refractivity contribution < 1.29 is 0 Å². The summed E-state index contributed by atoms with van der Waals surface area (Å²) in [6, 6.07) is 116. The Morgan fingerprint density at radius 3 is 0.605 bits per heavy atom. The van der Waals surface area contributed by atoms with Crippen LogP contribution in [-0.2, 0) is 16.2 Å². The summed E-state index contributed by atoms with van der Waals surface area (Å²) in [5.74, 6) is 0. The van der Waals surface area contributed by atoms with Crippen LogP contribution >= 0.6 is 0 Å². The first-order chi connectivity index (χ1) is 37.7. The van der Waals surface area contributed by atoms with Crippen LogP contribution in [0.2, 0.25) is 0 Å². The molecule has 0 heterocycles. The Labute approximate surface area is 445 Å². The molecule has 0 unspecified atom stereocenters. The highest BCUT2D eigenvalue weighted by Gasteiger charge is 2.50. The van der Waals surface area contributed by atoms with Crippen molar-refractivity contribution in [3.63, 3.8) is 0 Å². The Balaban J connectivity index is 1.04. The van der Waals surface area contributed by atoms with E-state index in [4.69, 9.17) is 0 Å². The van der Waals surface area contributed by atoms with Gasteiger partial charge in [0.1, 0.15) is 0 Å². The van der Waals surface area contributed by atoms with E-state index in [-0.39, 0.29) is 0 Å². The summed E-state index contributed by atoms with van der Waals surface area (Å²) < 4.78 is 0. The third-order valence-electron chi connectivity index (χ3n) is 17.1. The van der Waals surface area contributed by atoms with Gasteiger partial charge in [-0.25, -0.2) is 0 Å². The van der Waals surface area contributed by atoms with Crippen molar-refractivity contribution in [3.05, 3.63) is 376 Å². The largest absolute Gasteiger partial charge is 0.310 e. The summed E-state index contributed by atoms with van der Waals surface area (Å²) in [6.45, 7) is 0. The zero-order valence-electron chi connectivity index (χ0n) is 41.9. The van der Waals surface area contributed by atoms with E-state index in [9.17, 15) is 0 Å². The highest BCUT2D eigenvalue weighted by atomic mass is 15.1. The lowest BCUT2D eigenvalue weighted by molar-refractivity contribution is 0.766. The molecule has 3 aliphatic rings. The van der Waals surface area contributed by atoms with Gasteiger partial charge in [0.05, 0.1) is 16.2 Å². The highest BCUT2D eigenvalue weighted by Crippen LogP contribution is 2.61. The highest BCUT2D eigenvalue weighted by molar-refractivity contribution is 5.94. The summed E-state index contributed by atoms with van der Waals surface area (Å²) in [7, 11) is 0. The van der Waals surface area contributed by atoms with Gasteiger partial charge in [-0.05, 0) is 137 Å². The average molecular weight is 966 g/mol. The summed E-state index contributed by atoms with van der Waals surface area (Å²) >= 11 is 0. The topological polar surface area (TPSA) is 3.24 Å². The number of fused-ring (bicyclic) bond motifs is 9. The summed E-state index contributed by atoms with van der Waals surface area (Å²) in [4.78, 5) is 2.55. The maximum Gasteiger partial charge on any atom is 0.0714 e. The van der Waals surface area contributed by atoms with E-state index in [1.54, 1.807) is 0 Å². The molecule has 12 aromatic carbocycles. The summed E-state index contributed by atoms with van der Waals surface area (Å²) in [6.07, 6.45) is 0. The van der Waals surface area contributed by atoms with Gasteiger partial charge in [-0.15, -0.1) is 0 Å². The van der Waals surface area contributed by atoms with E-state index < -0.39 is 16.2 Å². The van der Waals surface area contributed by atoms with Crippen molar-refractivity contribution in [1.29, 1.82) is 0 Å². The van der Waals surface area contributed by atoms with Crippen molar-refractivity contribution >= 4 is 17.1 Å². The van der Waals surface area contributed by atoms with E-state index in [0.717, 1.165) is 17.1 Å². The van der Waals surface area contributed by atoms with Crippen molar-refractivity contribution in [2.75, 3.05) is 4.90 Å². The molecule has 0 fully saturated rings. The molecule has 0 saturated carbocycles. The molecule has 0 aliphatic heterocycles. The van der Waals surface area contributed by atoms with Crippen LogP contribution in [0.5, 0.6) is 0 Å². The van der Waals surface area contributed by atoms with Gasteiger partial charge < -0.3 is 4.90 Å². The molecule has 0 N–H and O–H groups in total. The van der Waals surface area contributed by atoms with Gasteiger partial charge in [0, 0.05) is 17.1 Å². The zero-order valence-corrected chi connectivity index (χ0v) is 41.9. The van der Waals surface area contributed by atoms with E-state index in [1.165, 1.54) is 100 Å². The predicted molar refractivity (Wildman–Crippen MR) is 313 cm³/mol. The predicted octanol–water partition coefficient (Wildman–Crippen LogP) is 18.2. The van der Waals surface area contributed by atoms with Crippen molar-refractivity contribution in [2.24, 2.45) is 0 Å². The van der Waals surface area contributed by atoms with E-state index in [0.29, 0.717) is 0 Å². The molecule has 0 amide bonds. The molecule has 0 bridgehead atoms. The quantitative estimate of drug-likeness (QED) is 0.139. The van der Waals surface area contributed by atoms with Crippen LogP contribution in [-0.4, -0.2) is 0 Å². The molecule has 0 aromatic heterocycles. The minimum atomic E-state index is -0.583. The maximum atomic E-state index is 2.55. The van der Waals surface area contributed by atoms with Crippen molar-refractivity contribution in [3.8, 4) is 33.4 Å². The van der Waals surface area contributed by atoms with Crippen LogP contribution < -0.4 is 4.90 Å². The van der Waals surface area contributed by atoms with Crippen LogP contribution in [0.3, 0.4) is 0 Å². The normalized spacial score (nSPS) is 14.4. The van der Waals surface area contributed by atoms with Crippen LogP contribution in [0.25, 0.3) is 33.4 Å². The molecule has 356 valence electrons. The minimum Gasteiger partial charge on any atom is -0.310 e. The Morgan fingerprint density at radius 1 is 0.171 bits per heavy atom. The van der Waals surface area contributed by atoms with Gasteiger partial charge in [0.2, 0.25) is 0 Å². The van der Waals surface area contributed by atoms with Gasteiger partial charge in [-0.3, -0.25) is 0 Å². The summed E-state index contributed by atoms with van der Waals surface area (Å²) in [5.41, 5.74) is 24.2. The van der Waals surface area contributed by atoms with Crippen LogP contribution in [0.15, 0.2) is 309 Å². The first-order valence-corrected chi connectivity index (χ1v) is 26.6. The fourth-order valence-corrected chi connectivity index (χ4v) is 14.2. The number of anilines is 3. The third kappa shape index (κ3) is 6.09. The molecule has 1 nitrogen and oxygen atoms in total. The van der Waals surface area contributed by atoms with Gasteiger partial charge >= 0.3 is 0 Å². The fraction of sp³-hybridized carbons (Fsp3) is 0.0400. The van der Waals surface area contributed by atoms with Gasteiger partial charge in [-0.1, -0.05) is 273 Å². The smallest absolute Gasteiger partial charge is 0.0714 e. The molecule has 12 aromatic rings. The van der Waals surface area contributed by atoms with Gasteiger partial charge in [-0.2, -0.15) is 0 Å². The van der Waals surface area contributed by atoms with Crippen LogP contribution in [0, 0.1) is 0 Å². The molecular weight excluding hydrogens is 915 g/mol. The SMILES string of the molecule is c1ccc(C2(c3ccccc3)c3ccccc3-c3ccc(N(c4ccc5c(c4)C(c4ccccc4)(c4ccccc4)c4ccccc4-5)c4ccc5c(c4)C(c4ccccc4)(c4ccccc4)c4ccccc4-5)cc32)cc1. The van der Waals surface area contributed by atoms with Crippen LogP contribution in [0.4, 0.5) is 17.1 Å². The Morgan fingerprint density at radius 2 is 0.368 bits per heavy atom. The van der Waals surface area contributed by atoms with E-state index >= 15 is 0 Å². The van der Waals surface area contributed by atoms with Crippen LogP contribution in [0.1, 0.15) is 66.8 Å². The maximum absolute atomic E-state index is 2.55. The second-order valence-electron chi connectivity index (χ2n) is 20.6. The molecule has 0 saturated heterocycles. The Kier molecular flexibility index (Phi) is 9.99. The zero-order chi connectivity index (χ0) is 50.3. The number of hydrogen-bond acceptors (Lipinski definition) is 1. The van der Waals surface area contributed by atoms with E-state index in [1.807, 2.05) is 0 Å². The van der Waals surface area contributed by atoms with Crippen molar-refractivity contribution in [2.45, 2.75) is 16.2 Å². The standard InChI is InChI=1S/C75H51N/c1-7-25-52(26-8-1)73(53-27-9-2-10-28-53)67-40-22-19-37-61(67)64-46-43-58(49-70(64)73)76(59-44-47-65-62-38-20-23-41-68(62)74(71(65)50-59,54-29-11-3-12-30-54)55-31-13-4-14-32-55)60-45-48-66-63-39-21-24-42-69(63)75(72(66)51-60,56-33-15-5-16-34-56)57-35-17-6-18-36-57/h1-51H. The van der Waals surface area contributed by atoms with Crippen molar-refractivity contribution in [1.82, 2.24) is 0 Å². The molecule has 76 heavy (non-hydrogen) atoms. The molecular formula is C75H51N. The number of rotatable bonds is 9. The lowest BCUT2D eigenvalue weighted by atomic mass is 9.67. The second kappa shape index (κ2) is 17.3. The first-order valence-electron chi connectivity index (χ1n) is 26.6. The minimum absolute atomic E-state index is 0.583. The number of benzene rings is 12. The average Bonchev–Trinajstić information content (AvgIpc) is 4.27. The molecule has 1 heteroatoms. The molecule has 0 spiro atoms. The third-order valence-corrected chi connectivity index (χ3v) is 17.1. The molecule has 3 aliphatic carbocycles. The number of nitrogens with zero attached hydrogens (tertiary/aromatic N) is 1. The fourth-order valence-electron chi connectivity index (χ4n) is 14.2. The molecule has 0 atom stereocenters. The first kappa shape index (κ1) is 44.0. The van der Waals surface area contributed by atoms with Gasteiger partial charge in [0.15, 0.2) is 0 Å². The Bertz CT molecular complexity index is 3600. The monoisotopic (exact) mass is 965 g/mol. The van der Waals surface area contributed by atoms with Gasteiger partial charge in [0.25, 0.3) is 0 Å². The lowest BCUT2D eigenvalue weighted by Crippen LogP contribution is -2.29. The number of hydrogen-bond donors (Lipinski definition) is 0. The second-order valence-corrected chi connectivity index (χ2v) is 20.6. The Hall–Kier alpha value is -9.56.